The molecular formula is C17H27N3O3S. The largest absolute Gasteiger partial charge is 0.356 e. The van der Waals surface area contributed by atoms with E-state index in [1.807, 2.05) is 14.1 Å². The Kier molecular flexibility index (Phi) is 6.77. The molecule has 134 valence electrons. The predicted molar refractivity (Wildman–Crippen MR) is 94.1 cm³/mol. The van der Waals surface area contributed by atoms with Crippen LogP contribution >= 0.6 is 0 Å². The number of carbonyl (C=O) groups is 1. The van der Waals surface area contributed by atoms with E-state index in [9.17, 15) is 13.2 Å². The summed E-state index contributed by atoms with van der Waals surface area (Å²) in [7, 11) is 0.472. The third kappa shape index (κ3) is 5.03. The lowest BCUT2D eigenvalue weighted by Crippen LogP contribution is -2.45. The number of piperidine rings is 1. The molecular weight excluding hydrogens is 326 g/mol. The third-order valence-corrected chi connectivity index (χ3v) is 6.10. The molecule has 0 radical (unpaired) electrons. The maximum atomic E-state index is 12.7. The van der Waals surface area contributed by atoms with Gasteiger partial charge in [-0.1, -0.05) is 18.2 Å². The molecule has 1 amide bonds. The molecule has 24 heavy (non-hydrogen) atoms. The molecule has 6 nitrogen and oxygen atoms in total. The Bertz CT molecular complexity index is 632. The summed E-state index contributed by atoms with van der Waals surface area (Å²) in [5.74, 6) is -0.307. The molecule has 1 saturated heterocycles. The lowest BCUT2D eigenvalue weighted by molar-refractivity contribution is -0.126. The molecule has 0 saturated carbocycles. The van der Waals surface area contributed by atoms with Crippen molar-refractivity contribution in [2.45, 2.75) is 24.2 Å². The second-order valence-corrected chi connectivity index (χ2v) is 8.40. The van der Waals surface area contributed by atoms with Gasteiger partial charge in [0.1, 0.15) is 0 Å². The van der Waals surface area contributed by atoms with Crippen molar-refractivity contribution in [1.29, 1.82) is 0 Å². The molecule has 1 aliphatic rings. The van der Waals surface area contributed by atoms with Crippen LogP contribution in [0.25, 0.3) is 0 Å². The summed E-state index contributed by atoms with van der Waals surface area (Å²) in [6, 6.07) is 8.41. The topological polar surface area (TPSA) is 69.7 Å². The van der Waals surface area contributed by atoms with E-state index in [1.165, 1.54) is 4.31 Å². The minimum Gasteiger partial charge on any atom is -0.356 e. The van der Waals surface area contributed by atoms with E-state index in [-0.39, 0.29) is 23.3 Å². The number of nitrogens with zero attached hydrogens (tertiary/aromatic N) is 2. The van der Waals surface area contributed by atoms with Gasteiger partial charge in [-0.25, -0.2) is 8.42 Å². The highest BCUT2D eigenvalue weighted by atomic mass is 32.2. The Morgan fingerprint density at radius 1 is 1.29 bits per heavy atom. The minimum absolute atomic E-state index is 0.0401. The fourth-order valence-corrected chi connectivity index (χ4v) is 4.41. The average Bonchev–Trinajstić information content (AvgIpc) is 2.59. The minimum atomic E-state index is -3.52. The van der Waals surface area contributed by atoms with Crippen LogP contribution in [0.4, 0.5) is 0 Å². The number of hydrogen-bond acceptors (Lipinski definition) is 4. The monoisotopic (exact) mass is 353 g/mol. The quantitative estimate of drug-likeness (QED) is 0.747. The second kappa shape index (κ2) is 8.60. The first-order valence-corrected chi connectivity index (χ1v) is 9.83. The predicted octanol–water partition coefficient (Wildman–Crippen LogP) is 1.16. The zero-order valence-electron chi connectivity index (χ0n) is 14.4. The van der Waals surface area contributed by atoms with E-state index in [0.29, 0.717) is 19.5 Å². The summed E-state index contributed by atoms with van der Waals surface area (Å²) < 4.78 is 26.8. The van der Waals surface area contributed by atoms with E-state index in [2.05, 4.69) is 10.2 Å². The van der Waals surface area contributed by atoms with Gasteiger partial charge in [0.15, 0.2) is 0 Å². The Labute approximate surface area is 144 Å². The molecule has 1 unspecified atom stereocenters. The van der Waals surface area contributed by atoms with Gasteiger partial charge in [0.25, 0.3) is 0 Å². The van der Waals surface area contributed by atoms with E-state index in [4.69, 9.17) is 0 Å². The van der Waals surface area contributed by atoms with Gasteiger partial charge in [0.2, 0.25) is 15.9 Å². The number of carbonyl (C=O) groups excluding carboxylic acids is 1. The summed E-state index contributed by atoms with van der Waals surface area (Å²) in [5.41, 5.74) is 0. The van der Waals surface area contributed by atoms with Crippen LogP contribution in [-0.4, -0.2) is 63.8 Å². The molecule has 1 atom stereocenters. The Balaban J connectivity index is 1.93. The highest BCUT2D eigenvalue weighted by molar-refractivity contribution is 7.89. The highest BCUT2D eigenvalue weighted by Gasteiger charge is 2.33. The van der Waals surface area contributed by atoms with Crippen LogP contribution in [0.15, 0.2) is 35.2 Å². The number of rotatable bonds is 7. The third-order valence-electron chi connectivity index (χ3n) is 4.22. The number of amides is 1. The Hall–Kier alpha value is -1.44. The first-order valence-electron chi connectivity index (χ1n) is 8.39. The van der Waals surface area contributed by atoms with Crippen LogP contribution in [0.1, 0.15) is 19.3 Å². The smallest absolute Gasteiger partial charge is 0.243 e. The highest BCUT2D eigenvalue weighted by Crippen LogP contribution is 2.23. The first kappa shape index (κ1) is 18.9. The summed E-state index contributed by atoms with van der Waals surface area (Å²) in [5, 5.41) is 2.93. The molecule has 1 N–H and O–H groups in total. The van der Waals surface area contributed by atoms with Crippen molar-refractivity contribution in [3.63, 3.8) is 0 Å². The zero-order chi connectivity index (χ0) is 17.6. The van der Waals surface area contributed by atoms with E-state index < -0.39 is 10.0 Å². The number of benzene rings is 1. The van der Waals surface area contributed by atoms with Crippen molar-refractivity contribution >= 4 is 15.9 Å². The van der Waals surface area contributed by atoms with Crippen molar-refractivity contribution in [1.82, 2.24) is 14.5 Å². The molecule has 0 spiro atoms. The van der Waals surface area contributed by atoms with Crippen molar-refractivity contribution in [3.8, 4) is 0 Å². The SMILES string of the molecule is CN(C)CCCNC(=O)C1CCCN(S(=O)(=O)c2ccccc2)C1. The zero-order valence-corrected chi connectivity index (χ0v) is 15.3. The van der Waals surface area contributed by atoms with Crippen LogP contribution in [0.2, 0.25) is 0 Å². The van der Waals surface area contributed by atoms with Gasteiger partial charge < -0.3 is 10.2 Å². The second-order valence-electron chi connectivity index (χ2n) is 6.46. The van der Waals surface area contributed by atoms with E-state index in [1.54, 1.807) is 30.3 Å². The van der Waals surface area contributed by atoms with Crippen LogP contribution in [-0.2, 0) is 14.8 Å². The molecule has 7 heteroatoms. The fourth-order valence-electron chi connectivity index (χ4n) is 2.87. The summed E-state index contributed by atoms with van der Waals surface area (Å²) >= 11 is 0. The van der Waals surface area contributed by atoms with Crippen molar-refractivity contribution in [2.75, 3.05) is 40.3 Å². The lowest BCUT2D eigenvalue weighted by Gasteiger charge is -2.31. The van der Waals surface area contributed by atoms with Gasteiger partial charge in [-0.3, -0.25) is 4.79 Å². The van der Waals surface area contributed by atoms with Crippen LogP contribution in [0.5, 0.6) is 0 Å². The van der Waals surface area contributed by atoms with Crippen molar-refractivity contribution < 1.29 is 13.2 Å². The van der Waals surface area contributed by atoms with Gasteiger partial charge in [0.05, 0.1) is 10.8 Å². The van der Waals surface area contributed by atoms with Gasteiger partial charge in [0, 0.05) is 19.6 Å². The van der Waals surface area contributed by atoms with E-state index in [0.717, 1.165) is 19.4 Å². The van der Waals surface area contributed by atoms with Gasteiger partial charge in [-0.05, 0) is 52.0 Å². The van der Waals surface area contributed by atoms with Crippen molar-refractivity contribution in [2.24, 2.45) is 5.92 Å². The maximum Gasteiger partial charge on any atom is 0.243 e. The molecule has 0 aliphatic carbocycles. The standard InChI is InChI=1S/C17H27N3O3S/c1-19(2)12-7-11-18-17(21)15-8-6-13-20(14-15)24(22,23)16-9-4-3-5-10-16/h3-5,9-10,15H,6-8,11-14H2,1-2H3,(H,18,21). The molecule has 1 aliphatic heterocycles. The molecule has 0 bridgehead atoms. The first-order chi connectivity index (χ1) is 11.4. The molecule has 2 rings (SSSR count). The number of nitrogens with one attached hydrogen (secondary N) is 1. The summed E-state index contributed by atoms with van der Waals surface area (Å²) in [6.45, 7) is 2.27. The van der Waals surface area contributed by atoms with Gasteiger partial charge in [-0.15, -0.1) is 0 Å². The lowest BCUT2D eigenvalue weighted by atomic mass is 9.99. The molecule has 1 aromatic rings. The normalized spacial score (nSPS) is 19.4. The summed E-state index contributed by atoms with van der Waals surface area (Å²) in [6.07, 6.45) is 2.33. The molecule has 1 heterocycles. The molecule has 0 aromatic heterocycles. The molecule has 1 aromatic carbocycles. The number of sulfonamides is 1. The van der Waals surface area contributed by atoms with Gasteiger partial charge in [-0.2, -0.15) is 4.31 Å². The fraction of sp³-hybridized carbons (Fsp3) is 0.588. The summed E-state index contributed by atoms with van der Waals surface area (Å²) in [4.78, 5) is 14.7. The Morgan fingerprint density at radius 2 is 2.00 bits per heavy atom. The van der Waals surface area contributed by atoms with Gasteiger partial charge >= 0.3 is 0 Å². The molecule has 1 fully saturated rings. The Morgan fingerprint density at radius 3 is 2.67 bits per heavy atom. The van der Waals surface area contributed by atoms with Crippen LogP contribution < -0.4 is 5.32 Å². The van der Waals surface area contributed by atoms with Crippen molar-refractivity contribution in [3.05, 3.63) is 30.3 Å². The average molecular weight is 353 g/mol. The van der Waals surface area contributed by atoms with Crippen LogP contribution in [0, 0.1) is 5.92 Å². The number of hydrogen-bond donors (Lipinski definition) is 1. The maximum absolute atomic E-state index is 12.7. The van der Waals surface area contributed by atoms with Crippen LogP contribution in [0.3, 0.4) is 0 Å². The van der Waals surface area contributed by atoms with E-state index >= 15 is 0 Å².